The van der Waals surface area contributed by atoms with Crippen molar-refractivity contribution < 1.29 is 16.2 Å². The van der Waals surface area contributed by atoms with E-state index in [1.807, 2.05) is 31.3 Å². The lowest BCUT2D eigenvalue weighted by molar-refractivity contribution is -0.385. The fourth-order valence-electron chi connectivity index (χ4n) is 9.00. The first-order valence-corrected chi connectivity index (χ1v) is 21.5. The van der Waals surface area contributed by atoms with Crippen LogP contribution in [0.5, 0.6) is 0 Å². The highest BCUT2D eigenvalue weighted by molar-refractivity contribution is 5.70. The van der Waals surface area contributed by atoms with Crippen molar-refractivity contribution in [1.29, 1.82) is 0 Å². The van der Waals surface area contributed by atoms with Crippen LogP contribution in [-0.4, -0.2) is 115 Å². The molecule has 0 spiro atoms. The Kier molecular flexibility index (Phi) is 19.8. The van der Waals surface area contributed by atoms with Gasteiger partial charge in [-0.2, -0.15) is 0 Å². The molecular weight excluding hydrogens is 809 g/mol. The molecule has 350 valence electrons. The number of hydrogen-bond acceptors (Lipinski definition) is 11. The fraction of sp³-hybridized carbons (Fsp3) is 0.480. The molecule has 0 saturated carbocycles. The minimum absolute atomic E-state index is 0. The maximum atomic E-state index is 10.7. The summed E-state index contributed by atoms with van der Waals surface area (Å²) in [5.74, 6) is 1.32. The van der Waals surface area contributed by atoms with Crippen LogP contribution in [0.1, 0.15) is 99.3 Å². The molecule has 8 rings (SSSR count). The Balaban J connectivity index is 0.000000294. The second-order valence-electron chi connectivity index (χ2n) is 17.7. The molecule has 14 heteroatoms. The van der Waals surface area contributed by atoms with E-state index in [-0.39, 0.29) is 48.1 Å². The van der Waals surface area contributed by atoms with Crippen molar-refractivity contribution >= 4 is 28.3 Å². The van der Waals surface area contributed by atoms with Gasteiger partial charge in [-0.15, -0.1) is 0 Å². The fourth-order valence-corrected chi connectivity index (χ4v) is 9.00. The Morgan fingerprint density at radius 2 is 0.859 bits per heavy atom. The summed E-state index contributed by atoms with van der Waals surface area (Å²) in [5.41, 5.74) is 18.0. The van der Waals surface area contributed by atoms with E-state index in [4.69, 9.17) is 5.73 Å². The summed E-state index contributed by atoms with van der Waals surface area (Å²) in [4.78, 5) is 40.3. The third kappa shape index (κ3) is 14.2. The molecule has 1 unspecified atom stereocenters. The zero-order valence-corrected chi connectivity index (χ0v) is 37.5. The van der Waals surface area contributed by atoms with E-state index in [0.717, 1.165) is 112 Å². The number of rotatable bonds is 3. The largest absolute Gasteiger partial charge is 0.399 e. The second-order valence-corrected chi connectivity index (χ2v) is 17.7. The monoisotopic (exact) mass is 883 g/mol. The van der Waals surface area contributed by atoms with Gasteiger partial charge in [0, 0.05) is 95.9 Å². The first kappa shape index (κ1) is 52.8. The quantitative estimate of drug-likeness (QED) is 0.118. The number of nitro groups is 3. The van der Waals surface area contributed by atoms with Crippen molar-refractivity contribution in [2.75, 3.05) is 86.3 Å². The highest BCUT2D eigenvalue weighted by Gasteiger charge is 2.23. The molecule has 0 saturated heterocycles. The minimum Gasteiger partial charge on any atom is -0.399 e. The van der Waals surface area contributed by atoms with Crippen LogP contribution in [0, 0.1) is 30.3 Å². The molecule has 0 bridgehead atoms. The molecule has 4 heterocycles. The van der Waals surface area contributed by atoms with Gasteiger partial charge in [0.15, 0.2) is 0 Å². The molecule has 2 N–H and O–H groups in total. The summed E-state index contributed by atoms with van der Waals surface area (Å²) < 4.78 is 0. The van der Waals surface area contributed by atoms with Crippen molar-refractivity contribution in [2.45, 2.75) is 79.1 Å². The molecule has 0 fully saturated rings. The van der Waals surface area contributed by atoms with Crippen LogP contribution in [0.3, 0.4) is 0 Å². The third-order valence-corrected chi connectivity index (χ3v) is 12.4. The number of nitrogen functional groups attached to an aromatic ring is 1. The molecule has 4 aliphatic heterocycles. The first-order valence-electron chi connectivity index (χ1n) is 21.5. The number of non-ortho nitro benzene ring substituents is 3. The van der Waals surface area contributed by atoms with E-state index in [2.05, 4.69) is 80.2 Å². The molecule has 4 aliphatic rings. The maximum Gasteiger partial charge on any atom is 0.270 e. The van der Waals surface area contributed by atoms with Gasteiger partial charge in [0.25, 0.3) is 17.1 Å². The second kappa shape index (κ2) is 23.9. The number of nitrogens with two attached hydrogens (primary N) is 1. The van der Waals surface area contributed by atoms with E-state index < -0.39 is 0 Å². The Bertz CT molecular complexity index is 2180. The Labute approximate surface area is 382 Å². The number of likely N-dealkylation sites (N-methyl/N-ethyl adjacent to an activating group) is 4. The van der Waals surface area contributed by atoms with Gasteiger partial charge in [-0.05, 0) is 134 Å². The van der Waals surface area contributed by atoms with E-state index in [1.54, 1.807) is 36.4 Å². The average molecular weight is 883 g/mol. The number of fused-ring (bicyclic) bond motifs is 4. The van der Waals surface area contributed by atoms with Crippen LogP contribution in [0.15, 0.2) is 79.4 Å². The zero-order valence-electron chi connectivity index (χ0n) is 37.5. The normalized spacial score (nSPS) is 19.8. The topological polar surface area (TPSA) is 168 Å². The van der Waals surface area contributed by atoms with Crippen molar-refractivity contribution in [3.63, 3.8) is 0 Å². The summed E-state index contributed by atoms with van der Waals surface area (Å²) in [6, 6.07) is 21.9. The van der Waals surface area contributed by atoms with E-state index >= 15 is 0 Å². The highest BCUT2D eigenvalue weighted by atomic mass is 16.6. The van der Waals surface area contributed by atoms with E-state index in [0.29, 0.717) is 17.8 Å². The SMILES string of the molecule is C.C.C=C1CN(C)CCc2ccc([N+](=O)[O-])cc21.CC1CN(C)CCc2ccc([N+](=O)[O-])cc21.C[C@@H]1CN(C)CCc2ccc(N)cc21.C[C@@H]1CN(C)CCc2ccc([N+](=O)[O-])cc21.[HH]. The van der Waals surface area contributed by atoms with Gasteiger partial charge in [-0.3, -0.25) is 30.3 Å². The lowest BCUT2D eigenvalue weighted by atomic mass is 9.95. The van der Waals surface area contributed by atoms with Crippen LogP contribution in [-0.2, 0) is 25.7 Å². The smallest absolute Gasteiger partial charge is 0.270 e. The van der Waals surface area contributed by atoms with E-state index in [9.17, 15) is 30.3 Å². The maximum absolute atomic E-state index is 10.7. The van der Waals surface area contributed by atoms with Crippen LogP contribution in [0.4, 0.5) is 22.7 Å². The predicted molar refractivity (Wildman–Crippen MR) is 265 cm³/mol. The molecule has 0 aromatic heterocycles. The van der Waals surface area contributed by atoms with Crippen molar-refractivity contribution in [3.05, 3.63) is 154 Å². The van der Waals surface area contributed by atoms with Gasteiger partial charge in [0.05, 0.1) is 14.8 Å². The predicted octanol–water partition coefficient (Wildman–Crippen LogP) is 9.85. The van der Waals surface area contributed by atoms with Crippen LogP contribution < -0.4 is 5.73 Å². The molecule has 0 amide bonds. The zero-order chi connectivity index (χ0) is 45.2. The Morgan fingerprint density at radius 3 is 1.27 bits per heavy atom. The lowest BCUT2D eigenvalue weighted by Gasteiger charge is -2.17. The van der Waals surface area contributed by atoms with Crippen molar-refractivity contribution in [1.82, 2.24) is 19.6 Å². The molecule has 4 aromatic carbocycles. The highest BCUT2D eigenvalue weighted by Crippen LogP contribution is 2.31. The summed E-state index contributed by atoms with van der Waals surface area (Å²) in [6.07, 6.45) is 4.03. The summed E-state index contributed by atoms with van der Waals surface area (Å²) in [5, 5.41) is 32.2. The average Bonchev–Trinajstić information content (AvgIpc) is 3.61. The number of nitro benzene ring substituents is 3. The molecule has 0 radical (unpaired) electrons. The number of nitrogens with zero attached hydrogens (tertiary/aromatic N) is 7. The Hall–Kier alpha value is -5.54. The Morgan fingerprint density at radius 1 is 0.531 bits per heavy atom. The van der Waals surface area contributed by atoms with Crippen molar-refractivity contribution in [3.8, 4) is 0 Å². The molecule has 0 aliphatic carbocycles. The third-order valence-electron chi connectivity index (χ3n) is 12.4. The molecule has 14 nitrogen and oxygen atoms in total. The summed E-state index contributed by atoms with van der Waals surface area (Å²) in [6.45, 7) is 18.5. The summed E-state index contributed by atoms with van der Waals surface area (Å²) >= 11 is 0. The summed E-state index contributed by atoms with van der Waals surface area (Å²) in [7, 11) is 8.41. The van der Waals surface area contributed by atoms with Gasteiger partial charge < -0.3 is 25.3 Å². The standard InChI is InChI=1S/2C12H16N2O2.C12H14N2O2.C12H18N2.2CH4.H2/c3*1-9-8-13(2)6-5-10-3-4-11(14(15)16)7-12(9)10;1-9-8-14(2)6-5-10-3-4-11(13)7-12(9)10;;;/h2*3-4,7,9H,5-6,8H2,1-2H3;3-4,7H,1,5-6,8H2,2H3;3-4,7,9H,5-6,8,13H2,1-2H3;2*1H4;1H/t9-;;;9-;;;/m1..1.../s1. The first-order chi connectivity index (χ1) is 29.4. The van der Waals surface area contributed by atoms with Gasteiger partial charge in [-0.1, -0.05) is 66.5 Å². The minimum atomic E-state index is -0.359. The molecule has 3 atom stereocenters. The van der Waals surface area contributed by atoms with E-state index in [1.165, 1.54) is 22.3 Å². The number of hydrogen-bond donors (Lipinski definition) is 1. The number of anilines is 1. The van der Waals surface area contributed by atoms with Gasteiger partial charge >= 0.3 is 0 Å². The van der Waals surface area contributed by atoms with Gasteiger partial charge in [-0.25, -0.2) is 0 Å². The molecular formula is C50H74N8O6. The van der Waals surface area contributed by atoms with Crippen LogP contribution in [0.25, 0.3) is 5.57 Å². The van der Waals surface area contributed by atoms with Gasteiger partial charge in [0.1, 0.15) is 0 Å². The number of benzene rings is 4. The molecule has 64 heavy (non-hydrogen) atoms. The lowest BCUT2D eigenvalue weighted by Crippen LogP contribution is -2.22. The van der Waals surface area contributed by atoms with Gasteiger partial charge in [0.2, 0.25) is 0 Å². The van der Waals surface area contributed by atoms with Crippen molar-refractivity contribution in [2.24, 2.45) is 0 Å². The molecule has 4 aromatic rings. The van der Waals surface area contributed by atoms with Crippen LogP contribution >= 0.6 is 0 Å². The van der Waals surface area contributed by atoms with Crippen LogP contribution in [0.2, 0.25) is 0 Å².